The van der Waals surface area contributed by atoms with E-state index in [1.165, 1.54) is 53.4 Å². The first-order chi connectivity index (χ1) is 42.0. The maximum Gasteiger partial charge on any atom is 0.338 e. The van der Waals surface area contributed by atoms with Crippen molar-refractivity contribution >= 4 is 109 Å². The van der Waals surface area contributed by atoms with Crippen LogP contribution >= 0.6 is 61.8 Å². The number of urea groups is 2. The first-order valence-electron chi connectivity index (χ1n) is 29.0. The fourth-order valence-electron chi connectivity index (χ4n) is 12.7. The highest BCUT2D eigenvalue weighted by molar-refractivity contribution is 9.09. The number of benzene rings is 2. The van der Waals surface area contributed by atoms with Gasteiger partial charge in [-0.1, -0.05) is 63.4 Å². The van der Waals surface area contributed by atoms with Crippen molar-refractivity contribution in [3.8, 4) is 0 Å². The third-order valence-corrected chi connectivity index (χ3v) is 19.9. The molecule has 8 aliphatic rings. The molecule has 4 saturated heterocycles. The minimum Gasteiger partial charge on any atom is -0.481 e. The van der Waals surface area contributed by atoms with Gasteiger partial charge in [-0.25, -0.2) is 37.9 Å². The molecule has 472 valence electrons. The van der Waals surface area contributed by atoms with E-state index in [0.717, 1.165) is 32.4 Å². The predicted molar refractivity (Wildman–Crippen MR) is 332 cm³/mol. The Kier molecular flexibility index (Phi) is 22.0. The number of nitrogens with zero attached hydrogens (tertiary/aromatic N) is 9. The second-order valence-corrected chi connectivity index (χ2v) is 25.2. The number of fused-ring (bicyclic) bond motifs is 2. The number of aliphatic imine (C=N–C) groups is 2. The molecule has 4 N–H and O–H groups in total. The molecule has 4 amide bonds. The third-order valence-electron chi connectivity index (χ3n) is 17.0. The summed E-state index contributed by atoms with van der Waals surface area (Å²) < 4.78 is 39.2. The summed E-state index contributed by atoms with van der Waals surface area (Å²) in [6.45, 7) is 7.97. The zero-order valence-electron chi connectivity index (χ0n) is 48.7. The molecule has 8 atom stereocenters. The van der Waals surface area contributed by atoms with Crippen LogP contribution in [0.4, 0.5) is 18.4 Å². The summed E-state index contributed by atoms with van der Waals surface area (Å²) in [5.41, 5.74) is 2.40. The lowest BCUT2D eigenvalue weighted by atomic mass is 9.95. The average Bonchev–Trinajstić information content (AvgIpc) is 2.59. The SMILES string of the molecule is CCOC(=O)C1=C(CBr)NC(c2nccs2)=N[C@H]1c1cccc(F)c1Cl.CCOC(=O)C1=C(CN2CCN3C(=O)N(C4CCC(C(=O)O)C4)C[C@@H]3C2)NC(c2nccs2)=N[C@H]1c1cccc(F)c1Cl.O=C(O)C1CCC(N2C[C@@H]3CCCCN3C2=O)C1.[CH3-]. The number of piperidine rings is 1. The molecule has 8 heterocycles. The van der Waals surface area contributed by atoms with E-state index in [-0.39, 0.29) is 77.9 Å². The van der Waals surface area contributed by atoms with Crippen molar-refractivity contribution in [1.29, 1.82) is 0 Å². The number of halogens is 5. The molecule has 6 fully saturated rings. The summed E-state index contributed by atoms with van der Waals surface area (Å²) in [5.74, 6) is -3.52. The van der Waals surface area contributed by atoms with Gasteiger partial charge in [0.2, 0.25) is 0 Å². The molecule has 2 aromatic heterocycles. The summed E-state index contributed by atoms with van der Waals surface area (Å²) >= 11 is 18.8. The zero-order chi connectivity index (χ0) is 61.6. The number of thiazole rings is 2. The number of carboxylic acids is 2. The molecule has 88 heavy (non-hydrogen) atoms. The van der Waals surface area contributed by atoms with E-state index in [2.05, 4.69) is 46.4 Å². The number of piperazine rings is 1. The van der Waals surface area contributed by atoms with Crippen molar-refractivity contribution in [2.24, 2.45) is 21.8 Å². The number of ether oxygens (including phenoxy) is 2. The Balaban J connectivity index is 0.000000173. The molecule has 2 aliphatic carbocycles. The maximum absolute atomic E-state index is 14.6. The first kappa shape index (κ1) is 65.9. The number of amidine groups is 2. The van der Waals surface area contributed by atoms with Gasteiger partial charge in [0.1, 0.15) is 23.7 Å². The molecule has 0 spiro atoms. The number of allylic oxidation sites excluding steroid dienone is 1. The maximum atomic E-state index is 14.6. The average molecular weight is 1360 g/mol. The van der Waals surface area contributed by atoms with Crippen LogP contribution in [0, 0.1) is 30.9 Å². The van der Waals surface area contributed by atoms with E-state index >= 15 is 0 Å². The van der Waals surface area contributed by atoms with Crippen LogP contribution in [0.2, 0.25) is 10.0 Å². The van der Waals surface area contributed by atoms with Crippen LogP contribution in [0.15, 0.2) is 92.1 Å². The molecule has 0 bridgehead atoms. The number of hydrogen-bond donors (Lipinski definition) is 4. The Morgan fingerprint density at radius 3 is 1.59 bits per heavy atom. The summed E-state index contributed by atoms with van der Waals surface area (Å²) in [7, 11) is 0. The van der Waals surface area contributed by atoms with Crippen LogP contribution in [0.25, 0.3) is 0 Å². The minimum absolute atomic E-state index is 0. The Bertz CT molecular complexity index is 3380. The zero-order valence-corrected chi connectivity index (χ0v) is 53.4. The van der Waals surface area contributed by atoms with E-state index < -0.39 is 53.5 Å². The van der Waals surface area contributed by atoms with Gasteiger partial charge in [-0.15, -0.1) is 22.7 Å². The number of aliphatic carboxylic acids is 2. The van der Waals surface area contributed by atoms with Gasteiger partial charge in [0.05, 0.1) is 58.3 Å². The standard InChI is InChI=1S/C29H32ClFN6O5S.C17H14BrClFN3O2S.C13H20N2O3.CH3/c1-2-42-28(40)22-21(33-25(26-32-8-11-43-26)34-24(22)19-4-3-5-20(31)23(19)30)15-35-9-10-36-18(13-35)14-37(29(36)41)17-7-6-16(12-17)27(38)39;1-2-25-17(24)12-11(8-18)22-15(16-21-6-7-26-16)23-14(12)9-4-3-5-10(20)13(9)19;16-12(17)9-4-5-10(7-9)15-8-11-3-1-2-6-14(11)13(15)18;/h3-5,8,11,16-18,24H,2,6-7,9-10,12-15H2,1H3,(H,33,34)(H,38,39);3-7,14H,2,8H2,1H3,(H,22,23);9-11H,1-8H2,(H,16,17);1H3/q;;;-1/t16?,17?,18-,24-;14-;9?,10?,11-;/m000./s1. The van der Waals surface area contributed by atoms with Gasteiger partial charge in [-0.3, -0.25) is 24.5 Å². The van der Waals surface area contributed by atoms with E-state index in [0.29, 0.717) is 120 Å². The molecule has 6 aliphatic heterocycles. The molecular formula is C60H69BrCl2F2N11O10S2-. The quantitative estimate of drug-likeness (QED) is 0.0491. The van der Waals surface area contributed by atoms with Gasteiger partial charge in [0, 0.05) is 109 Å². The number of alkyl halides is 1. The minimum atomic E-state index is -0.924. The number of hydrogen-bond acceptors (Lipinski definition) is 17. The fourth-order valence-corrected chi connectivity index (χ4v) is 14.8. The second kappa shape index (κ2) is 29.4. The molecule has 28 heteroatoms. The van der Waals surface area contributed by atoms with Gasteiger partial charge < -0.3 is 57.3 Å². The number of carbonyl (C=O) groups excluding carboxylic acids is 4. The van der Waals surface area contributed by atoms with Crippen molar-refractivity contribution in [1.82, 2.24) is 45.1 Å². The lowest BCUT2D eigenvalue weighted by Gasteiger charge is -2.38. The highest BCUT2D eigenvalue weighted by atomic mass is 79.9. The predicted octanol–water partition coefficient (Wildman–Crippen LogP) is 9.74. The Labute approximate surface area is 535 Å². The smallest absolute Gasteiger partial charge is 0.338 e. The first-order valence-corrected chi connectivity index (χ1v) is 32.7. The number of nitrogens with one attached hydrogen (secondary N) is 2. The molecule has 21 nitrogen and oxygen atoms in total. The number of carbonyl (C=O) groups is 6. The van der Waals surface area contributed by atoms with Gasteiger partial charge in [-0.05, 0) is 83.8 Å². The number of carboxylic acid groups (broad SMARTS) is 2. The van der Waals surface area contributed by atoms with Gasteiger partial charge in [0.15, 0.2) is 21.7 Å². The summed E-state index contributed by atoms with van der Waals surface area (Å²) in [6, 6.07) is 7.67. The molecule has 4 unspecified atom stereocenters. The molecule has 2 saturated carbocycles. The van der Waals surface area contributed by atoms with E-state index in [1.807, 2.05) is 30.4 Å². The summed E-state index contributed by atoms with van der Waals surface area (Å²) in [4.78, 5) is 102. The molecule has 12 rings (SSSR count). The normalized spacial score (nSPS) is 25.0. The Hall–Kier alpha value is -6.58. The van der Waals surface area contributed by atoms with Crippen molar-refractivity contribution in [3.05, 3.63) is 132 Å². The highest BCUT2D eigenvalue weighted by Gasteiger charge is 2.48. The monoisotopic (exact) mass is 1350 g/mol. The highest BCUT2D eigenvalue weighted by Crippen LogP contribution is 2.41. The van der Waals surface area contributed by atoms with E-state index in [1.54, 1.807) is 38.4 Å². The summed E-state index contributed by atoms with van der Waals surface area (Å²) in [5, 5.41) is 30.0. The number of amides is 4. The van der Waals surface area contributed by atoms with Gasteiger partial charge >= 0.3 is 35.9 Å². The van der Waals surface area contributed by atoms with Crippen LogP contribution < -0.4 is 10.6 Å². The van der Waals surface area contributed by atoms with Crippen molar-refractivity contribution < 1.29 is 57.2 Å². The van der Waals surface area contributed by atoms with Crippen molar-refractivity contribution in [3.63, 3.8) is 0 Å². The number of aromatic nitrogens is 2. The van der Waals surface area contributed by atoms with E-state index in [4.69, 9.17) is 42.8 Å². The van der Waals surface area contributed by atoms with Crippen molar-refractivity contribution in [2.45, 2.75) is 108 Å². The van der Waals surface area contributed by atoms with Gasteiger partial charge in [0.25, 0.3) is 0 Å². The largest absolute Gasteiger partial charge is 0.481 e. The lowest BCUT2D eigenvalue weighted by Crippen LogP contribution is -2.53. The molecule has 0 radical (unpaired) electrons. The van der Waals surface area contributed by atoms with Crippen molar-refractivity contribution in [2.75, 3.05) is 64.4 Å². The van der Waals surface area contributed by atoms with E-state index in [9.17, 15) is 42.7 Å². The molecule has 4 aromatic rings. The van der Waals surface area contributed by atoms with Crippen LogP contribution in [-0.2, 0) is 28.7 Å². The lowest BCUT2D eigenvalue weighted by molar-refractivity contribution is -0.142. The number of esters is 2. The Morgan fingerprint density at radius 1 is 0.648 bits per heavy atom. The fraction of sp³-hybridized carbons (Fsp3) is 0.483. The van der Waals surface area contributed by atoms with Crippen LogP contribution in [0.5, 0.6) is 0 Å². The third kappa shape index (κ3) is 14.2. The molecule has 2 aromatic carbocycles. The van der Waals surface area contributed by atoms with Crippen LogP contribution in [-0.4, -0.2) is 181 Å². The summed E-state index contributed by atoms with van der Waals surface area (Å²) in [6.07, 6.45) is 10.7. The Morgan fingerprint density at radius 2 is 1.14 bits per heavy atom. The topological polar surface area (TPSA) is 252 Å². The second-order valence-electron chi connectivity index (χ2n) is 22.1. The van der Waals surface area contributed by atoms with Gasteiger partial charge in [-0.2, -0.15) is 0 Å². The number of rotatable bonds is 15. The molecular weight excluding hydrogens is 1290 g/mol. The van der Waals surface area contributed by atoms with Crippen LogP contribution in [0.3, 0.4) is 0 Å². The van der Waals surface area contributed by atoms with Crippen LogP contribution in [0.1, 0.15) is 105 Å².